The molecular formula is C51H60N6O9. The van der Waals surface area contributed by atoms with E-state index in [1.54, 1.807) is 54.6 Å². The molecule has 66 heavy (non-hydrogen) atoms. The van der Waals surface area contributed by atoms with Crippen molar-refractivity contribution in [3.63, 3.8) is 0 Å². The van der Waals surface area contributed by atoms with Crippen molar-refractivity contribution in [3.05, 3.63) is 143 Å². The molecule has 0 aliphatic carbocycles. The summed E-state index contributed by atoms with van der Waals surface area (Å²) in [4.78, 5) is 43.7. The number of para-hydroxylation sites is 3. The number of hydrogen-bond donors (Lipinski definition) is 9. The number of benzene rings is 6. The van der Waals surface area contributed by atoms with Gasteiger partial charge in [0.15, 0.2) is 5.75 Å². The average Bonchev–Trinajstić information content (AvgIpc) is 3.29. The second-order valence-corrected chi connectivity index (χ2v) is 14.8. The average molecular weight is 901 g/mol. The van der Waals surface area contributed by atoms with Gasteiger partial charge in [-0.3, -0.25) is 14.4 Å². The van der Waals surface area contributed by atoms with Crippen LogP contribution in [0.1, 0.15) is 89.3 Å². The fourth-order valence-electron chi connectivity index (χ4n) is 7.36. The second-order valence-electron chi connectivity index (χ2n) is 14.8. The molecule has 15 nitrogen and oxygen atoms in total. The van der Waals surface area contributed by atoms with Crippen LogP contribution in [0, 0.1) is 0 Å². The zero-order valence-corrected chi connectivity index (χ0v) is 38.1. The summed E-state index contributed by atoms with van der Waals surface area (Å²) in [5.41, 5.74) is 21.5. The normalized spacial score (nSPS) is 10.5. The Hall–Kier alpha value is -8.07. The third-order valence-corrected chi connectivity index (χ3v) is 10.9. The monoisotopic (exact) mass is 900 g/mol. The van der Waals surface area contributed by atoms with Crippen molar-refractivity contribution < 1.29 is 45.0 Å². The van der Waals surface area contributed by atoms with E-state index in [0.29, 0.717) is 60.3 Å². The molecule has 0 bridgehead atoms. The second kappa shape index (κ2) is 23.0. The summed E-state index contributed by atoms with van der Waals surface area (Å²) >= 11 is 0. The van der Waals surface area contributed by atoms with E-state index in [2.05, 4.69) is 0 Å². The fraction of sp³-hybridized carbons (Fsp3) is 0.235. The molecule has 0 atom stereocenters. The van der Waals surface area contributed by atoms with Crippen molar-refractivity contribution >= 4 is 51.5 Å². The maximum absolute atomic E-state index is 12.8. The minimum absolute atomic E-state index is 0.116. The Balaban J connectivity index is 0.000000216. The molecule has 6 rings (SSSR count). The Kier molecular flexibility index (Phi) is 17.6. The number of ketones is 3. The van der Waals surface area contributed by atoms with Crippen LogP contribution in [0.5, 0.6) is 34.5 Å². The molecule has 12 N–H and O–H groups in total. The van der Waals surface area contributed by atoms with E-state index in [-0.39, 0.29) is 67.9 Å². The first-order valence-electron chi connectivity index (χ1n) is 21.6. The zero-order valence-electron chi connectivity index (χ0n) is 38.1. The number of carbonyl (C=O) groups excluding carboxylic acids is 3. The number of carbonyl (C=O) groups is 3. The van der Waals surface area contributed by atoms with Crippen LogP contribution in [0.4, 0.5) is 34.1 Å². The number of hydrogen-bond acceptors (Lipinski definition) is 15. The summed E-state index contributed by atoms with van der Waals surface area (Å²) in [5.74, 6) is -2.20. The van der Waals surface area contributed by atoms with Gasteiger partial charge in [0.1, 0.15) is 34.4 Å². The van der Waals surface area contributed by atoms with Crippen molar-refractivity contribution in [2.75, 3.05) is 71.2 Å². The SMILES string of the molecule is CCN(CC)c1c(N)ccc(C(=O)c2ccccc2O)c1O.CCN(CC)c1cc(C(=O)c2ccccc2O)c(O)cc1N.CCN(CC)c1cc(N)cc(O)c1C(=O)c1ccccc1O. The van der Waals surface area contributed by atoms with Gasteiger partial charge in [-0.25, -0.2) is 0 Å². The lowest BCUT2D eigenvalue weighted by atomic mass is 9.98. The summed E-state index contributed by atoms with van der Waals surface area (Å²) < 4.78 is 0. The van der Waals surface area contributed by atoms with Gasteiger partial charge in [0.2, 0.25) is 17.3 Å². The largest absolute Gasteiger partial charge is 0.507 e. The van der Waals surface area contributed by atoms with Gasteiger partial charge in [0, 0.05) is 57.1 Å². The molecule has 0 aliphatic rings. The Morgan fingerprint density at radius 2 is 0.833 bits per heavy atom. The molecule has 0 amide bonds. The van der Waals surface area contributed by atoms with E-state index >= 15 is 0 Å². The Bertz CT molecular complexity index is 2600. The van der Waals surface area contributed by atoms with Crippen molar-refractivity contribution in [2.24, 2.45) is 0 Å². The smallest absolute Gasteiger partial charge is 0.202 e. The lowest BCUT2D eigenvalue weighted by Crippen LogP contribution is -2.24. The van der Waals surface area contributed by atoms with Gasteiger partial charge in [-0.1, -0.05) is 36.4 Å². The van der Waals surface area contributed by atoms with Crippen LogP contribution in [-0.4, -0.2) is 87.3 Å². The van der Waals surface area contributed by atoms with Gasteiger partial charge >= 0.3 is 0 Å². The Labute approximate surface area is 385 Å². The van der Waals surface area contributed by atoms with Crippen molar-refractivity contribution in [3.8, 4) is 34.5 Å². The zero-order chi connectivity index (χ0) is 48.8. The first kappa shape index (κ1) is 50.6. The van der Waals surface area contributed by atoms with Gasteiger partial charge in [0.25, 0.3) is 0 Å². The highest BCUT2D eigenvalue weighted by atomic mass is 16.3. The molecule has 6 aromatic carbocycles. The third-order valence-electron chi connectivity index (χ3n) is 10.9. The van der Waals surface area contributed by atoms with E-state index in [0.717, 1.165) is 13.1 Å². The minimum atomic E-state index is -0.441. The fourth-order valence-corrected chi connectivity index (χ4v) is 7.36. The van der Waals surface area contributed by atoms with Crippen LogP contribution >= 0.6 is 0 Å². The van der Waals surface area contributed by atoms with Gasteiger partial charge in [-0.2, -0.15) is 0 Å². The molecule has 0 spiro atoms. The highest BCUT2D eigenvalue weighted by Crippen LogP contribution is 2.39. The first-order valence-corrected chi connectivity index (χ1v) is 21.6. The minimum Gasteiger partial charge on any atom is -0.507 e. The van der Waals surface area contributed by atoms with Crippen molar-refractivity contribution in [1.82, 2.24) is 0 Å². The molecule has 0 aromatic heterocycles. The third kappa shape index (κ3) is 11.4. The van der Waals surface area contributed by atoms with Gasteiger partial charge in [-0.15, -0.1) is 0 Å². The Morgan fingerprint density at radius 3 is 1.29 bits per heavy atom. The summed E-state index contributed by atoms with van der Waals surface area (Å²) in [5, 5.41) is 60.3. The van der Waals surface area contributed by atoms with E-state index < -0.39 is 17.3 Å². The van der Waals surface area contributed by atoms with Gasteiger partial charge in [0.05, 0.1) is 56.1 Å². The first-order chi connectivity index (χ1) is 31.5. The van der Waals surface area contributed by atoms with E-state index in [9.17, 15) is 45.0 Å². The number of phenolic OH excluding ortho intramolecular Hbond substituents is 6. The maximum atomic E-state index is 12.8. The van der Waals surface area contributed by atoms with E-state index in [1.165, 1.54) is 54.6 Å². The highest BCUT2D eigenvalue weighted by Gasteiger charge is 2.25. The highest BCUT2D eigenvalue weighted by molar-refractivity contribution is 6.16. The molecule has 0 unspecified atom stereocenters. The van der Waals surface area contributed by atoms with Crippen molar-refractivity contribution in [1.29, 1.82) is 0 Å². The molecule has 0 radical (unpaired) electrons. The lowest BCUT2D eigenvalue weighted by Gasteiger charge is -2.24. The maximum Gasteiger partial charge on any atom is 0.202 e. The number of nitrogen functional groups attached to an aromatic ring is 3. The lowest BCUT2D eigenvalue weighted by molar-refractivity contribution is 0.102. The van der Waals surface area contributed by atoms with Crippen LogP contribution in [0.25, 0.3) is 0 Å². The van der Waals surface area contributed by atoms with Crippen LogP contribution in [-0.2, 0) is 0 Å². The standard InChI is InChI=1S/3C17H20N2O3/c1-3-19(4-2)13-9-11(18)10-15(21)16(13)17(22)12-7-5-6-8-14(12)20;1-3-19(4-2)14-9-12(16(21)10-13(14)18)17(22)11-7-5-6-8-15(11)20;1-3-19(4-2)15-13(18)10-9-12(17(15)22)16(21)11-7-5-6-8-14(11)20/h2*5-10,20-21H,3-4,18H2,1-2H3;5-10,20,22H,3-4,18H2,1-2H3. The van der Waals surface area contributed by atoms with Crippen molar-refractivity contribution in [2.45, 2.75) is 41.5 Å². The number of nitrogens with zero attached hydrogens (tertiary/aromatic N) is 3. The Morgan fingerprint density at radius 1 is 0.409 bits per heavy atom. The summed E-state index contributed by atoms with van der Waals surface area (Å²) in [6.45, 7) is 15.9. The summed E-state index contributed by atoms with van der Waals surface area (Å²) in [7, 11) is 0. The summed E-state index contributed by atoms with van der Waals surface area (Å²) in [6.07, 6.45) is 0. The molecule has 0 saturated heterocycles. The van der Waals surface area contributed by atoms with E-state index in [1.807, 2.05) is 56.2 Å². The predicted molar refractivity (Wildman–Crippen MR) is 263 cm³/mol. The molecule has 0 fully saturated rings. The van der Waals surface area contributed by atoms with Crippen LogP contribution in [0.15, 0.2) is 109 Å². The molecule has 0 heterocycles. The number of nitrogens with two attached hydrogens (primary N) is 3. The molecule has 15 heteroatoms. The number of anilines is 6. The van der Waals surface area contributed by atoms with Crippen LogP contribution in [0.2, 0.25) is 0 Å². The number of aromatic hydroxyl groups is 6. The van der Waals surface area contributed by atoms with Gasteiger partial charge in [-0.05, 0) is 102 Å². The number of rotatable bonds is 15. The topological polar surface area (TPSA) is 260 Å². The molecule has 348 valence electrons. The van der Waals surface area contributed by atoms with Gasteiger partial charge < -0.3 is 62.5 Å². The quantitative estimate of drug-likeness (QED) is 0.0347. The summed E-state index contributed by atoms with van der Waals surface area (Å²) in [6, 6.07) is 27.8. The van der Waals surface area contributed by atoms with E-state index in [4.69, 9.17) is 17.2 Å². The molecule has 6 aromatic rings. The molecule has 0 saturated carbocycles. The number of phenols is 6. The predicted octanol–water partition coefficient (Wildman–Crippen LogP) is 8.27. The van der Waals surface area contributed by atoms with Crippen LogP contribution < -0.4 is 31.9 Å². The molecular weight excluding hydrogens is 841 g/mol. The van der Waals surface area contributed by atoms with Crippen LogP contribution in [0.3, 0.4) is 0 Å². The molecule has 0 aliphatic heterocycles.